The van der Waals surface area contributed by atoms with E-state index in [1.54, 1.807) is 14.1 Å². The molecular weight excluding hydrogens is 237 g/mol. The number of hydrogen-bond acceptors (Lipinski definition) is 6. The first kappa shape index (κ1) is 17.5. The van der Waals surface area contributed by atoms with Crippen molar-refractivity contribution >= 4 is 13.7 Å². The molecule has 96 valence electrons. The van der Waals surface area contributed by atoms with Crippen LogP contribution in [0.25, 0.3) is 0 Å². The van der Waals surface area contributed by atoms with Gasteiger partial charge in [-0.15, -0.1) is 0 Å². The number of allylic oxidation sites excluding steroid dienone is 1. The van der Waals surface area contributed by atoms with E-state index in [1.807, 2.05) is 0 Å². The Morgan fingerprint density at radius 2 is 1.75 bits per heavy atom. The van der Waals surface area contributed by atoms with Gasteiger partial charge < -0.3 is 23.9 Å². The molecule has 0 atom stereocenters. The van der Waals surface area contributed by atoms with Crippen molar-refractivity contribution in [3.63, 3.8) is 0 Å². The highest BCUT2D eigenvalue weighted by Crippen LogP contribution is 2.34. The second-order valence-corrected chi connectivity index (χ2v) is 4.46. The van der Waals surface area contributed by atoms with E-state index < -0.39 is 7.82 Å². The highest BCUT2D eigenvalue weighted by molar-refractivity contribution is 7.45. The Labute approximate surface area is 94.9 Å². The fourth-order valence-electron chi connectivity index (χ4n) is 0.382. The van der Waals surface area contributed by atoms with Crippen LogP contribution in [0.3, 0.4) is 0 Å². The number of carbonyl (C=O) groups excluding carboxylic acids is 1. The predicted octanol–water partition coefficient (Wildman–Crippen LogP) is 0.284. The van der Waals surface area contributed by atoms with Gasteiger partial charge in [0.25, 0.3) is 7.82 Å². The van der Waals surface area contributed by atoms with Crippen LogP contribution in [0, 0.1) is 0 Å². The maximum Gasteiger partial charge on any atom is 0.267 e. The van der Waals surface area contributed by atoms with Crippen LogP contribution in [0.2, 0.25) is 0 Å². The summed E-state index contributed by atoms with van der Waals surface area (Å²) in [7, 11) is 1.43. The van der Waals surface area contributed by atoms with E-state index in [9.17, 15) is 14.3 Å². The van der Waals surface area contributed by atoms with Gasteiger partial charge in [0.2, 0.25) is 5.91 Å². The largest absolute Gasteiger partial charge is 0.756 e. The number of hydrogen-bond donors (Lipinski definition) is 1. The zero-order valence-corrected chi connectivity index (χ0v) is 10.9. The Kier molecular flexibility index (Phi) is 9.08. The Hall–Kier alpha value is -0.880. The first-order valence-electron chi connectivity index (χ1n) is 4.17. The molecule has 7 nitrogen and oxygen atoms in total. The lowest BCUT2D eigenvalue weighted by Gasteiger charge is -2.16. The van der Waals surface area contributed by atoms with Gasteiger partial charge in [-0.1, -0.05) is 0 Å². The molecule has 0 saturated heterocycles. The number of carbonyl (C=O) groups is 1. The molecule has 16 heavy (non-hydrogen) atoms. The topological polar surface area (TPSA) is 99.1 Å². The Balaban J connectivity index is 0. The van der Waals surface area contributed by atoms with E-state index in [0.29, 0.717) is 0 Å². The summed E-state index contributed by atoms with van der Waals surface area (Å²) in [5.74, 6) is -0.163. The van der Waals surface area contributed by atoms with Crippen LogP contribution in [0.5, 0.6) is 0 Å². The minimum absolute atomic E-state index is 0.0358. The van der Waals surface area contributed by atoms with Crippen molar-refractivity contribution in [2.45, 2.75) is 6.92 Å². The number of phosphoric ester groups is 1. The average Bonchev–Trinajstić information content (AvgIpc) is 2.17. The number of rotatable bonds is 3. The third kappa shape index (κ3) is 11.2. The van der Waals surface area contributed by atoms with Crippen molar-refractivity contribution in [1.82, 2.24) is 4.90 Å². The maximum absolute atomic E-state index is 10.6. The smallest absolute Gasteiger partial charge is 0.267 e. The molecule has 0 spiro atoms. The van der Waals surface area contributed by atoms with Gasteiger partial charge in [-0.25, -0.2) is 0 Å². The quantitative estimate of drug-likeness (QED) is 0.441. The van der Waals surface area contributed by atoms with Crippen LogP contribution in [-0.2, 0) is 18.4 Å². The van der Waals surface area contributed by atoms with E-state index in [-0.39, 0.29) is 11.7 Å². The standard InChI is InChI=1S/C6H11NO2.C2H7O4P/c1-5(8)4-6(9)7(2)3;1-5-7(3,4)6-2/h4,8H,1-3H3;1-2H3,(H,3,4)/p-1/b5-4-;. The Morgan fingerprint density at radius 3 is 1.81 bits per heavy atom. The number of likely N-dealkylation sites (N-methyl/N-ethyl adjacent to an activating group) is 1. The minimum atomic E-state index is -3.90. The first-order chi connectivity index (χ1) is 7.16. The molecule has 0 rings (SSSR count). The summed E-state index contributed by atoms with van der Waals surface area (Å²) < 4.78 is 17.7. The molecule has 1 N–H and O–H groups in total. The molecule has 0 aromatic carbocycles. The molecule has 0 aliphatic heterocycles. The maximum atomic E-state index is 10.6. The van der Waals surface area contributed by atoms with E-state index in [0.717, 1.165) is 14.2 Å². The molecule has 0 fully saturated rings. The molecule has 1 amide bonds. The summed E-state index contributed by atoms with van der Waals surface area (Å²) in [4.78, 5) is 22.0. The number of nitrogens with zero attached hydrogens (tertiary/aromatic N) is 1. The van der Waals surface area contributed by atoms with Gasteiger partial charge in [-0.2, -0.15) is 0 Å². The second kappa shape index (κ2) is 8.29. The van der Waals surface area contributed by atoms with Crippen molar-refractivity contribution < 1.29 is 28.4 Å². The van der Waals surface area contributed by atoms with Crippen molar-refractivity contribution in [3.05, 3.63) is 11.8 Å². The fraction of sp³-hybridized carbons (Fsp3) is 0.625. The predicted molar refractivity (Wildman–Crippen MR) is 56.7 cm³/mol. The van der Waals surface area contributed by atoms with Crippen LogP contribution >= 0.6 is 7.82 Å². The normalized spacial score (nSPS) is 11.5. The van der Waals surface area contributed by atoms with Gasteiger partial charge in [0.05, 0.1) is 5.76 Å². The van der Waals surface area contributed by atoms with Gasteiger partial charge >= 0.3 is 0 Å². The summed E-state index contributed by atoms with van der Waals surface area (Å²) in [5.41, 5.74) is 0. The second-order valence-electron chi connectivity index (χ2n) is 2.83. The molecule has 0 aromatic heterocycles. The molecule has 0 heterocycles. The summed E-state index contributed by atoms with van der Waals surface area (Å²) in [6.45, 7) is 1.46. The van der Waals surface area contributed by atoms with Crippen LogP contribution < -0.4 is 4.89 Å². The minimum Gasteiger partial charge on any atom is -0.756 e. The van der Waals surface area contributed by atoms with E-state index in [2.05, 4.69) is 9.05 Å². The Morgan fingerprint density at radius 1 is 1.38 bits per heavy atom. The van der Waals surface area contributed by atoms with Crippen molar-refractivity contribution in [2.75, 3.05) is 28.3 Å². The lowest BCUT2D eigenvalue weighted by Crippen LogP contribution is -2.19. The number of phosphoric acid groups is 1. The van der Waals surface area contributed by atoms with Gasteiger partial charge in [0.15, 0.2) is 0 Å². The molecule has 8 heteroatoms. The lowest BCUT2D eigenvalue weighted by molar-refractivity contribution is -0.220. The highest BCUT2D eigenvalue weighted by Gasteiger charge is 1.98. The van der Waals surface area contributed by atoms with Gasteiger partial charge in [-0.3, -0.25) is 9.36 Å². The number of aliphatic hydroxyl groups excluding tert-OH is 1. The molecule has 0 aliphatic rings. The van der Waals surface area contributed by atoms with Gasteiger partial charge in [0.1, 0.15) is 0 Å². The van der Waals surface area contributed by atoms with E-state index >= 15 is 0 Å². The van der Waals surface area contributed by atoms with Crippen molar-refractivity contribution in [1.29, 1.82) is 0 Å². The summed E-state index contributed by atoms with van der Waals surface area (Å²) in [5, 5.41) is 8.59. The van der Waals surface area contributed by atoms with Crippen LogP contribution in [0.15, 0.2) is 11.8 Å². The molecule has 0 bridgehead atoms. The third-order valence-corrected chi connectivity index (χ3v) is 2.11. The summed E-state index contributed by atoms with van der Waals surface area (Å²) >= 11 is 0. The van der Waals surface area contributed by atoms with E-state index in [4.69, 9.17) is 5.11 Å². The fourth-order valence-corrected chi connectivity index (χ4v) is 0.531. The van der Waals surface area contributed by atoms with Crippen molar-refractivity contribution in [2.24, 2.45) is 0 Å². The summed E-state index contributed by atoms with van der Waals surface area (Å²) in [6.07, 6.45) is 1.17. The molecular formula is C8H17NO6P-. The zero-order chi connectivity index (χ0) is 13.4. The Bertz CT molecular complexity index is 276. The number of amides is 1. The van der Waals surface area contributed by atoms with Crippen LogP contribution in [0.4, 0.5) is 0 Å². The molecule has 0 unspecified atom stereocenters. The lowest BCUT2D eigenvalue weighted by atomic mass is 10.4. The zero-order valence-electron chi connectivity index (χ0n) is 9.96. The van der Waals surface area contributed by atoms with Gasteiger partial charge in [-0.05, 0) is 6.92 Å². The van der Waals surface area contributed by atoms with E-state index in [1.165, 1.54) is 17.9 Å². The average molecular weight is 254 g/mol. The van der Waals surface area contributed by atoms with Crippen LogP contribution in [-0.4, -0.2) is 44.2 Å². The van der Waals surface area contributed by atoms with Gasteiger partial charge in [0, 0.05) is 34.4 Å². The molecule has 0 aromatic rings. The molecule has 0 radical (unpaired) electrons. The highest BCUT2D eigenvalue weighted by atomic mass is 31.2. The molecule has 0 saturated carbocycles. The molecule has 0 aliphatic carbocycles. The summed E-state index contributed by atoms with van der Waals surface area (Å²) in [6, 6.07) is 0. The third-order valence-electron chi connectivity index (χ3n) is 1.22. The first-order valence-corrected chi connectivity index (χ1v) is 5.63. The number of aliphatic hydroxyl groups is 1. The van der Waals surface area contributed by atoms with Crippen LogP contribution in [0.1, 0.15) is 6.92 Å². The van der Waals surface area contributed by atoms with Crippen molar-refractivity contribution in [3.8, 4) is 0 Å². The monoisotopic (exact) mass is 254 g/mol. The SMILES string of the molecule is C/C(O)=C/C(=O)N(C)C.COP(=O)([O-])OC.